The van der Waals surface area contributed by atoms with Crippen LogP contribution in [0.25, 0.3) is 11.3 Å². The minimum absolute atomic E-state index is 0.196. The predicted molar refractivity (Wildman–Crippen MR) is 98.9 cm³/mol. The molecule has 0 aliphatic carbocycles. The summed E-state index contributed by atoms with van der Waals surface area (Å²) in [7, 11) is 5.00. The average molecular weight is 370 g/mol. The molecule has 2 aromatic heterocycles. The van der Waals surface area contributed by atoms with Gasteiger partial charge in [-0.25, -0.2) is 0 Å². The number of amides is 1. The molecular weight excluding hydrogens is 348 g/mol. The highest BCUT2D eigenvalue weighted by molar-refractivity contribution is 5.93. The number of hydrogen-bond donors (Lipinski definition) is 1. The summed E-state index contributed by atoms with van der Waals surface area (Å²) >= 11 is 0. The molecular formula is C19H22N4O4. The first kappa shape index (κ1) is 18.5. The van der Waals surface area contributed by atoms with Crippen LogP contribution in [-0.2, 0) is 7.05 Å². The van der Waals surface area contributed by atoms with Gasteiger partial charge in [0.1, 0.15) is 11.5 Å². The third-order valence-corrected chi connectivity index (χ3v) is 4.27. The van der Waals surface area contributed by atoms with Gasteiger partial charge in [-0.15, -0.1) is 0 Å². The van der Waals surface area contributed by atoms with Gasteiger partial charge in [0.25, 0.3) is 5.91 Å². The van der Waals surface area contributed by atoms with Crippen LogP contribution in [0.15, 0.2) is 35.0 Å². The molecule has 1 aromatic carbocycles. The Morgan fingerprint density at radius 3 is 2.67 bits per heavy atom. The Morgan fingerprint density at radius 1 is 1.26 bits per heavy atom. The molecule has 1 amide bonds. The highest BCUT2D eigenvalue weighted by Gasteiger charge is 2.20. The van der Waals surface area contributed by atoms with Gasteiger partial charge in [-0.05, 0) is 32.0 Å². The van der Waals surface area contributed by atoms with E-state index in [-0.39, 0.29) is 17.6 Å². The Balaban J connectivity index is 1.79. The molecule has 3 rings (SSSR count). The minimum atomic E-state index is -0.344. The van der Waals surface area contributed by atoms with Gasteiger partial charge in [0.15, 0.2) is 11.5 Å². The van der Waals surface area contributed by atoms with Crippen LogP contribution in [0.1, 0.15) is 34.7 Å². The lowest BCUT2D eigenvalue weighted by Gasteiger charge is -2.17. The van der Waals surface area contributed by atoms with Crippen molar-refractivity contribution in [2.24, 2.45) is 7.05 Å². The molecule has 1 unspecified atom stereocenters. The topological polar surface area (TPSA) is 91.4 Å². The molecule has 1 N–H and O–H groups in total. The van der Waals surface area contributed by atoms with Crippen molar-refractivity contribution in [3.05, 3.63) is 47.4 Å². The predicted octanol–water partition coefficient (Wildman–Crippen LogP) is 2.89. The lowest BCUT2D eigenvalue weighted by Crippen LogP contribution is -2.27. The van der Waals surface area contributed by atoms with Crippen LogP contribution in [0, 0.1) is 6.92 Å². The zero-order valence-electron chi connectivity index (χ0n) is 15.9. The zero-order chi connectivity index (χ0) is 19.6. The number of nitrogens with zero attached hydrogens (tertiary/aromatic N) is 3. The van der Waals surface area contributed by atoms with Gasteiger partial charge in [0, 0.05) is 24.9 Å². The van der Waals surface area contributed by atoms with Crippen molar-refractivity contribution in [2.45, 2.75) is 19.9 Å². The number of carbonyl (C=O) groups excluding carboxylic acids is 1. The largest absolute Gasteiger partial charge is 0.497 e. The maximum Gasteiger partial charge on any atom is 0.273 e. The van der Waals surface area contributed by atoms with E-state index in [0.717, 1.165) is 16.8 Å². The van der Waals surface area contributed by atoms with Gasteiger partial charge < -0.3 is 19.3 Å². The monoisotopic (exact) mass is 370 g/mol. The quantitative estimate of drug-likeness (QED) is 0.717. The molecule has 0 fully saturated rings. The van der Waals surface area contributed by atoms with Crippen molar-refractivity contribution < 1.29 is 18.8 Å². The molecule has 0 aliphatic rings. The third kappa shape index (κ3) is 3.79. The van der Waals surface area contributed by atoms with Crippen molar-refractivity contribution in [3.63, 3.8) is 0 Å². The van der Waals surface area contributed by atoms with Crippen molar-refractivity contribution in [2.75, 3.05) is 14.2 Å². The summed E-state index contributed by atoms with van der Waals surface area (Å²) < 4.78 is 17.6. The van der Waals surface area contributed by atoms with Crippen LogP contribution in [-0.4, -0.2) is 35.1 Å². The summed E-state index contributed by atoms with van der Waals surface area (Å²) in [6.45, 7) is 3.73. The van der Waals surface area contributed by atoms with Crippen LogP contribution in [0.2, 0.25) is 0 Å². The molecule has 142 valence electrons. The second-order valence-electron chi connectivity index (χ2n) is 6.18. The summed E-state index contributed by atoms with van der Waals surface area (Å²) in [4.78, 5) is 12.6. The van der Waals surface area contributed by atoms with Crippen molar-refractivity contribution in [3.8, 4) is 22.8 Å². The van der Waals surface area contributed by atoms with Crippen LogP contribution >= 0.6 is 0 Å². The van der Waals surface area contributed by atoms with E-state index in [1.165, 1.54) is 0 Å². The fraction of sp³-hybridized carbons (Fsp3) is 0.316. The van der Waals surface area contributed by atoms with Crippen LogP contribution in [0.4, 0.5) is 0 Å². The summed E-state index contributed by atoms with van der Waals surface area (Å²) in [5, 5.41) is 11.1. The Hall–Kier alpha value is -3.29. The smallest absolute Gasteiger partial charge is 0.273 e. The molecule has 1 atom stereocenters. The Kier molecular flexibility index (Phi) is 5.16. The van der Waals surface area contributed by atoms with E-state index in [4.69, 9.17) is 14.0 Å². The molecule has 0 spiro atoms. The van der Waals surface area contributed by atoms with Crippen molar-refractivity contribution in [1.29, 1.82) is 0 Å². The number of rotatable bonds is 6. The first-order chi connectivity index (χ1) is 12.9. The Morgan fingerprint density at radius 2 is 2.04 bits per heavy atom. The third-order valence-electron chi connectivity index (χ3n) is 4.27. The maximum absolute atomic E-state index is 12.6. The minimum Gasteiger partial charge on any atom is -0.497 e. The van der Waals surface area contributed by atoms with E-state index in [1.807, 2.05) is 33.2 Å². The van der Waals surface area contributed by atoms with Gasteiger partial charge in [-0.2, -0.15) is 5.10 Å². The molecule has 3 aromatic rings. The number of carbonyl (C=O) groups is 1. The van der Waals surface area contributed by atoms with E-state index in [2.05, 4.69) is 15.6 Å². The number of aromatic nitrogens is 3. The summed E-state index contributed by atoms with van der Waals surface area (Å²) in [6, 6.07) is 6.72. The number of nitrogens with one attached hydrogen (secondary N) is 1. The number of hydrogen-bond acceptors (Lipinski definition) is 6. The lowest BCUT2D eigenvalue weighted by atomic mass is 10.1. The number of aryl methyl sites for hydroxylation is 2. The van der Waals surface area contributed by atoms with E-state index >= 15 is 0 Å². The molecule has 8 heteroatoms. The molecule has 0 saturated heterocycles. The molecule has 0 aliphatic heterocycles. The first-order valence-electron chi connectivity index (χ1n) is 8.43. The summed E-state index contributed by atoms with van der Waals surface area (Å²) in [6.07, 6.45) is 1.82. The molecule has 0 saturated carbocycles. The van der Waals surface area contributed by atoms with Crippen LogP contribution in [0.3, 0.4) is 0 Å². The molecule has 27 heavy (non-hydrogen) atoms. The van der Waals surface area contributed by atoms with Crippen molar-refractivity contribution in [1.82, 2.24) is 20.3 Å². The second kappa shape index (κ2) is 7.53. The molecule has 0 radical (unpaired) electrons. The normalized spacial score (nSPS) is 11.9. The molecule has 0 bridgehead atoms. The van der Waals surface area contributed by atoms with Gasteiger partial charge in [0.05, 0.1) is 31.5 Å². The highest BCUT2D eigenvalue weighted by Crippen LogP contribution is 2.29. The summed E-state index contributed by atoms with van der Waals surface area (Å²) in [5.41, 5.74) is 2.60. The van der Waals surface area contributed by atoms with Gasteiger partial charge in [-0.3, -0.25) is 9.48 Å². The number of ether oxygens (including phenoxy) is 2. The van der Waals surface area contributed by atoms with Gasteiger partial charge in [-0.1, -0.05) is 5.16 Å². The van der Waals surface area contributed by atoms with Crippen molar-refractivity contribution >= 4 is 5.91 Å². The van der Waals surface area contributed by atoms with Crippen LogP contribution < -0.4 is 14.8 Å². The Labute approximate surface area is 157 Å². The molecule has 8 nitrogen and oxygen atoms in total. The lowest BCUT2D eigenvalue weighted by molar-refractivity contribution is 0.0930. The van der Waals surface area contributed by atoms with Crippen LogP contribution in [0.5, 0.6) is 11.5 Å². The maximum atomic E-state index is 12.6. The van der Waals surface area contributed by atoms with E-state index in [1.54, 1.807) is 37.1 Å². The fourth-order valence-electron chi connectivity index (χ4n) is 2.88. The average Bonchev–Trinajstić information content (AvgIpc) is 3.27. The highest BCUT2D eigenvalue weighted by atomic mass is 16.5. The SMILES string of the molecule is COc1ccc(OC)c(C(C)NC(=O)c2cc(-c3cn(C)nc3C)on2)c1. The Bertz CT molecular complexity index is 961. The fourth-order valence-corrected chi connectivity index (χ4v) is 2.88. The molecule has 2 heterocycles. The van der Waals surface area contributed by atoms with Gasteiger partial charge in [0.2, 0.25) is 0 Å². The second-order valence-corrected chi connectivity index (χ2v) is 6.18. The first-order valence-corrected chi connectivity index (χ1v) is 8.43. The van der Waals surface area contributed by atoms with E-state index in [9.17, 15) is 4.79 Å². The zero-order valence-corrected chi connectivity index (χ0v) is 15.9. The van der Waals surface area contributed by atoms with Gasteiger partial charge >= 0.3 is 0 Å². The number of methoxy groups -OCH3 is 2. The van der Waals surface area contributed by atoms with E-state index < -0.39 is 0 Å². The van der Waals surface area contributed by atoms with E-state index in [0.29, 0.717) is 17.3 Å². The summed E-state index contributed by atoms with van der Waals surface area (Å²) in [5.74, 6) is 1.50. The number of benzene rings is 1. The standard InChI is InChI=1S/C19H22N4O4/c1-11(14-8-13(25-4)6-7-17(14)26-5)20-19(24)16-9-18(27-22-16)15-10-23(3)21-12(15)2/h6-11H,1-5H3,(H,20,24).